The largest absolute Gasteiger partial charge is 0.494 e. The minimum atomic E-state index is -0.0867. The van der Waals surface area contributed by atoms with Crippen molar-refractivity contribution < 1.29 is 9.53 Å². The summed E-state index contributed by atoms with van der Waals surface area (Å²) in [6.07, 6.45) is 2.93. The first-order chi connectivity index (χ1) is 13.5. The van der Waals surface area contributed by atoms with Crippen LogP contribution in [0.5, 0.6) is 5.75 Å². The van der Waals surface area contributed by atoms with Gasteiger partial charge < -0.3 is 4.74 Å². The van der Waals surface area contributed by atoms with Crippen LogP contribution in [0.4, 0.5) is 0 Å². The number of rotatable bonds is 7. The topological polar surface area (TPSA) is 29.5 Å². The lowest BCUT2D eigenvalue weighted by Gasteiger charge is -2.23. The van der Waals surface area contributed by atoms with Crippen molar-refractivity contribution in [3.8, 4) is 5.75 Å². The molecule has 28 heavy (non-hydrogen) atoms. The Bertz CT molecular complexity index is 860. The Morgan fingerprint density at radius 2 is 1.75 bits per heavy atom. The molecule has 3 rings (SSSR count). The zero-order valence-electron chi connectivity index (χ0n) is 16.4. The van der Waals surface area contributed by atoms with Crippen LogP contribution in [0.2, 0.25) is 0 Å². The Morgan fingerprint density at radius 1 is 1.07 bits per heavy atom. The van der Waals surface area contributed by atoms with Gasteiger partial charge in [-0.05, 0) is 48.6 Å². The van der Waals surface area contributed by atoms with Crippen LogP contribution < -0.4 is 4.74 Å². The number of ether oxygens (including phenoxy) is 1. The van der Waals surface area contributed by atoms with Gasteiger partial charge in [0.2, 0.25) is 0 Å². The Morgan fingerprint density at radius 3 is 2.39 bits per heavy atom. The summed E-state index contributed by atoms with van der Waals surface area (Å²) >= 11 is 6.84. The SMILES string of the molecule is CC(C)CCOc1ccc(C=C2SC(=S)N(C(C)c3ccccc3)C2=O)cc1. The number of carbonyl (C=O) groups is 1. The molecule has 0 N–H and O–H groups in total. The van der Waals surface area contributed by atoms with E-state index in [9.17, 15) is 4.79 Å². The fourth-order valence-corrected chi connectivity index (χ4v) is 4.34. The first-order valence-corrected chi connectivity index (χ1v) is 10.7. The number of thioether (sulfide) groups is 1. The molecule has 1 heterocycles. The van der Waals surface area contributed by atoms with E-state index in [0.29, 0.717) is 21.8 Å². The average molecular weight is 412 g/mol. The highest BCUT2D eigenvalue weighted by Gasteiger charge is 2.35. The van der Waals surface area contributed by atoms with Crippen molar-refractivity contribution in [2.75, 3.05) is 6.61 Å². The van der Waals surface area contributed by atoms with Crippen LogP contribution in [0.3, 0.4) is 0 Å². The average Bonchev–Trinajstić information content (AvgIpc) is 2.96. The zero-order valence-corrected chi connectivity index (χ0v) is 18.1. The maximum absolute atomic E-state index is 12.9. The monoisotopic (exact) mass is 411 g/mol. The van der Waals surface area contributed by atoms with Gasteiger partial charge in [-0.15, -0.1) is 0 Å². The van der Waals surface area contributed by atoms with Gasteiger partial charge in [-0.1, -0.05) is 80.3 Å². The summed E-state index contributed by atoms with van der Waals surface area (Å²) in [6.45, 7) is 7.09. The molecule has 2 aromatic rings. The summed E-state index contributed by atoms with van der Waals surface area (Å²) in [5.41, 5.74) is 2.03. The molecule has 0 spiro atoms. The molecule has 0 radical (unpaired) electrons. The van der Waals surface area contributed by atoms with Crippen molar-refractivity contribution in [1.29, 1.82) is 0 Å². The van der Waals surface area contributed by atoms with Gasteiger partial charge in [0.25, 0.3) is 5.91 Å². The molecule has 146 valence electrons. The van der Waals surface area contributed by atoms with Gasteiger partial charge in [-0.3, -0.25) is 9.69 Å². The lowest BCUT2D eigenvalue weighted by Crippen LogP contribution is -2.30. The highest BCUT2D eigenvalue weighted by atomic mass is 32.2. The molecular formula is C23H25NO2S2. The zero-order chi connectivity index (χ0) is 20.1. The van der Waals surface area contributed by atoms with Crippen LogP contribution in [0.25, 0.3) is 6.08 Å². The molecule has 0 bridgehead atoms. The van der Waals surface area contributed by atoms with E-state index >= 15 is 0 Å². The van der Waals surface area contributed by atoms with E-state index in [1.54, 1.807) is 4.90 Å². The second-order valence-electron chi connectivity index (χ2n) is 7.24. The van der Waals surface area contributed by atoms with Crippen molar-refractivity contribution in [3.05, 3.63) is 70.6 Å². The second kappa shape index (κ2) is 9.39. The molecule has 0 aliphatic carbocycles. The number of hydrogen-bond acceptors (Lipinski definition) is 4. The van der Waals surface area contributed by atoms with Gasteiger partial charge in [0.05, 0.1) is 17.6 Å². The van der Waals surface area contributed by atoms with E-state index in [4.69, 9.17) is 17.0 Å². The third-order valence-corrected chi connectivity index (χ3v) is 5.97. The molecule has 1 saturated heterocycles. The van der Waals surface area contributed by atoms with Gasteiger partial charge >= 0.3 is 0 Å². The summed E-state index contributed by atoms with van der Waals surface area (Å²) in [6, 6.07) is 17.7. The number of amides is 1. The van der Waals surface area contributed by atoms with Gasteiger partial charge in [0, 0.05) is 0 Å². The first kappa shape index (κ1) is 20.6. The Balaban J connectivity index is 1.69. The van der Waals surface area contributed by atoms with Crippen molar-refractivity contribution in [2.24, 2.45) is 5.92 Å². The molecule has 0 saturated carbocycles. The highest BCUT2D eigenvalue weighted by Crippen LogP contribution is 2.38. The number of thiocarbonyl (C=S) groups is 1. The van der Waals surface area contributed by atoms with Crippen LogP contribution in [0.1, 0.15) is 44.4 Å². The van der Waals surface area contributed by atoms with Crippen LogP contribution in [0.15, 0.2) is 59.5 Å². The molecular weight excluding hydrogens is 386 g/mol. The first-order valence-electron chi connectivity index (χ1n) is 9.50. The standard InChI is InChI=1S/C23H25NO2S2/c1-16(2)13-14-26-20-11-9-18(10-12-20)15-21-22(25)24(23(27)28-21)17(3)19-7-5-4-6-8-19/h4-12,15-17H,13-14H2,1-3H3. The molecule has 3 nitrogen and oxygen atoms in total. The van der Waals surface area contributed by atoms with Crippen molar-refractivity contribution >= 4 is 40.3 Å². The minimum absolute atomic E-state index is 0.0383. The third-order valence-electron chi connectivity index (χ3n) is 4.63. The summed E-state index contributed by atoms with van der Waals surface area (Å²) in [5, 5.41) is 0. The van der Waals surface area contributed by atoms with E-state index in [1.165, 1.54) is 11.8 Å². The second-order valence-corrected chi connectivity index (χ2v) is 8.91. The van der Waals surface area contributed by atoms with E-state index in [0.717, 1.165) is 23.3 Å². The van der Waals surface area contributed by atoms with Gasteiger partial charge in [0.1, 0.15) is 10.1 Å². The lowest BCUT2D eigenvalue weighted by atomic mass is 10.1. The molecule has 1 atom stereocenters. The molecule has 0 aromatic heterocycles. The summed E-state index contributed by atoms with van der Waals surface area (Å²) < 4.78 is 6.35. The predicted octanol–water partition coefficient (Wildman–Crippen LogP) is 6.07. The number of benzene rings is 2. The quantitative estimate of drug-likeness (QED) is 0.408. The fourth-order valence-electron chi connectivity index (χ4n) is 2.92. The van der Waals surface area contributed by atoms with Gasteiger partial charge in [0.15, 0.2) is 0 Å². The predicted molar refractivity (Wildman–Crippen MR) is 121 cm³/mol. The van der Waals surface area contributed by atoms with Crippen LogP contribution in [0, 0.1) is 5.92 Å². The van der Waals surface area contributed by atoms with Crippen LogP contribution >= 0.6 is 24.0 Å². The number of nitrogens with zero attached hydrogens (tertiary/aromatic N) is 1. The van der Waals surface area contributed by atoms with Gasteiger partial charge in [-0.2, -0.15) is 0 Å². The summed E-state index contributed by atoms with van der Waals surface area (Å²) in [4.78, 5) is 15.3. The molecule has 5 heteroatoms. The molecule has 1 amide bonds. The van der Waals surface area contributed by atoms with Crippen LogP contribution in [-0.4, -0.2) is 21.7 Å². The third kappa shape index (κ3) is 5.03. The smallest absolute Gasteiger partial charge is 0.266 e. The Labute approximate surface area is 176 Å². The molecule has 1 fully saturated rings. The van der Waals surface area contributed by atoms with Gasteiger partial charge in [-0.25, -0.2) is 0 Å². The molecule has 1 aliphatic rings. The number of hydrogen-bond donors (Lipinski definition) is 0. The Kier molecular flexibility index (Phi) is 6.92. The van der Waals surface area contributed by atoms with E-state index < -0.39 is 0 Å². The van der Waals surface area contributed by atoms with Crippen molar-refractivity contribution in [2.45, 2.75) is 33.2 Å². The molecule has 1 aliphatic heterocycles. The van der Waals surface area contributed by atoms with Crippen LogP contribution in [-0.2, 0) is 4.79 Å². The van der Waals surface area contributed by atoms with E-state index in [-0.39, 0.29) is 11.9 Å². The minimum Gasteiger partial charge on any atom is -0.494 e. The molecule has 1 unspecified atom stereocenters. The lowest BCUT2D eigenvalue weighted by molar-refractivity contribution is -0.123. The van der Waals surface area contributed by atoms with E-state index in [1.807, 2.05) is 67.6 Å². The normalized spacial score (nSPS) is 16.9. The highest BCUT2D eigenvalue weighted by molar-refractivity contribution is 8.26. The van der Waals surface area contributed by atoms with Crippen molar-refractivity contribution in [1.82, 2.24) is 4.90 Å². The summed E-state index contributed by atoms with van der Waals surface area (Å²) in [7, 11) is 0. The van der Waals surface area contributed by atoms with Crippen molar-refractivity contribution in [3.63, 3.8) is 0 Å². The number of carbonyl (C=O) groups excluding carboxylic acids is 1. The Hall–Kier alpha value is -2.11. The maximum Gasteiger partial charge on any atom is 0.266 e. The fraction of sp³-hybridized carbons (Fsp3) is 0.304. The molecule has 2 aromatic carbocycles. The van der Waals surface area contributed by atoms with E-state index in [2.05, 4.69) is 13.8 Å². The maximum atomic E-state index is 12.9. The summed E-state index contributed by atoms with van der Waals surface area (Å²) in [5.74, 6) is 1.44.